The van der Waals surface area contributed by atoms with Gasteiger partial charge < -0.3 is 14.8 Å². The van der Waals surface area contributed by atoms with Gasteiger partial charge in [-0.2, -0.15) is 5.26 Å². The Bertz CT molecular complexity index is 1280. The average molecular weight is 481 g/mol. The number of carbonyl (C=O) groups excluding carboxylic acids is 2. The van der Waals surface area contributed by atoms with E-state index in [1.807, 2.05) is 13.0 Å². The third kappa shape index (κ3) is 6.13. The molecule has 6 nitrogen and oxygen atoms in total. The molecule has 0 bridgehead atoms. The first kappa shape index (κ1) is 23.9. The van der Waals surface area contributed by atoms with Crippen LogP contribution in [0.5, 0.6) is 11.5 Å². The number of benzene rings is 3. The molecule has 0 aliphatic carbocycles. The highest BCUT2D eigenvalue weighted by Crippen LogP contribution is 2.30. The number of aryl methyl sites for hydroxylation is 1. The van der Waals surface area contributed by atoms with Crippen molar-refractivity contribution in [3.05, 3.63) is 93.0 Å². The van der Waals surface area contributed by atoms with Gasteiger partial charge >= 0.3 is 5.97 Å². The SMILES string of the molecule is COc1ccc(/C=C(\C#N)C(=O)Nc2ccc(Cl)c(Cl)c2)cc1OC(=O)c1ccc(C)cc1. The van der Waals surface area contributed by atoms with Crippen molar-refractivity contribution < 1.29 is 19.1 Å². The maximum absolute atomic E-state index is 12.6. The smallest absolute Gasteiger partial charge is 0.343 e. The van der Waals surface area contributed by atoms with E-state index >= 15 is 0 Å². The zero-order valence-corrected chi connectivity index (χ0v) is 19.2. The second-order valence-electron chi connectivity index (χ2n) is 6.92. The summed E-state index contributed by atoms with van der Waals surface area (Å²) < 4.78 is 10.8. The number of methoxy groups -OCH3 is 1. The number of halogens is 2. The van der Waals surface area contributed by atoms with E-state index in [1.54, 1.807) is 42.5 Å². The van der Waals surface area contributed by atoms with E-state index in [-0.39, 0.29) is 16.3 Å². The van der Waals surface area contributed by atoms with Crippen molar-refractivity contribution in [1.29, 1.82) is 5.26 Å². The molecule has 3 aromatic carbocycles. The van der Waals surface area contributed by atoms with Gasteiger partial charge in [0, 0.05) is 5.69 Å². The van der Waals surface area contributed by atoms with Gasteiger partial charge in [-0.1, -0.05) is 47.0 Å². The third-order valence-corrected chi connectivity index (χ3v) is 5.27. The Hall–Kier alpha value is -3.79. The first-order valence-corrected chi connectivity index (χ1v) is 10.4. The molecule has 0 saturated carbocycles. The van der Waals surface area contributed by atoms with Crippen molar-refractivity contribution in [3.63, 3.8) is 0 Å². The lowest BCUT2D eigenvalue weighted by molar-refractivity contribution is -0.112. The minimum Gasteiger partial charge on any atom is -0.493 e. The number of nitrogens with one attached hydrogen (secondary N) is 1. The second-order valence-corrected chi connectivity index (χ2v) is 7.73. The van der Waals surface area contributed by atoms with E-state index in [2.05, 4.69) is 5.32 Å². The molecule has 0 radical (unpaired) electrons. The lowest BCUT2D eigenvalue weighted by Gasteiger charge is -2.11. The molecule has 33 heavy (non-hydrogen) atoms. The maximum atomic E-state index is 12.6. The zero-order chi connectivity index (χ0) is 24.0. The van der Waals surface area contributed by atoms with Crippen molar-refractivity contribution in [1.82, 2.24) is 0 Å². The van der Waals surface area contributed by atoms with E-state index in [0.29, 0.717) is 27.6 Å². The zero-order valence-electron chi connectivity index (χ0n) is 17.7. The van der Waals surface area contributed by atoms with Gasteiger partial charge in [-0.25, -0.2) is 4.79 Å². The van der Waals surface area contributed by atoms with Crippen molar-refractivity contribution in [2.24, 2.45) is 0 Å². The summed E-state index contributed by atoms with van der Waals surface area (Å²) in [5.74, 6) is -0.720. The highest BCUT2D eigenvalue weighted by atomic mass is 35.5. The van der Waals surface area contributed by atoms with Crippen LogP contribution in [-0.2, 0) is 4.79 Å². The van der Waals surface area contributed by atoms with Crippen LogP contribution in [0.1, 0.15) is 21.5 Å². The molecule has 166 valence electrons. The van der Waals surface area contributed by atoms with Gasteiger partial charge in [0.05, 0.1) is 22.7 Å². The highest BCUT2D eigenvalue weighted by Gasteiger charge is 2.15. The van der Waals surface area contributed by atoms with Crippen LogP contribution in [0, 0.1) is 18.3 Å². The molecule has 0 aliphatic heterocycles. The number of hydrogen-bond acceptors (Lipinski definition) is 5. The summed E-state index contributed by atoms with van der Waals surface area (Å²) in [5.41, 5.74) is 2.07. The van der Waals surface area contributed by atoms with Crippen LogP contribution in [0.2, 0.25) is 10.0 Å². The Kier molecular flexibility index (Phi) is 7.73. The Balaban J connectivity index is 1.84. The minimum atomic E-state index is -0.634. The number of nitrogens with zero attached hydrogens (tertiary/aromatic N) is 1. The summed E-state index contributed by atoms with van der Waals surface area (Å²) in [6, 6.07) is 18.1. The summed E-state index contributed by atoms with van der Waals surface area (Å²) in [4.78, 5) is 25.1. The first-order valence-electron chi connectivity index (χ1n) is 9.66. The standard InChI is InChI=1S/C25H18Cl2N2O4/c1-15-3-6-17(7-4-15)25(31)33-23-12-16(5-10-22(23)32-2)11-18(14-28)24(30)29-19-8-9-20(26)21(27)13-19/h3-13H,1-2H3,(H,29,30)/b18-11+. The molecular weight excluding hydrogens is 463 g/mol. The highest BCUT2D eigenvalue weighted by molar-refractivity contribution is 6.42. The van der Waals surface area contributed by atoms with Gasteiger partial charge in [-0.3, -0.25) is 4.79 Å². The first-order chi connectivity index (χ1) is 15.8. The van der Waals surface area contributed by atoms with Gasteiger partial charge in [0.15, 0.2) is 11.5 Å². The summed E-state index contributed by atoms with van der Waals surface area (Å²) in [7, 11) is 1.44. The van der Waals surface area contributed by atoms with Crippen LogP contribution in [0.3, 0.4) is 0 Å². The number of hydrogen-bond donors (Lipinski definition) is 1. The van der Waals surface area contributed by atoms with Crippen LogP contribution in [0.15, 0.2) is 66.2 Å². The third-order valence-electron chi connectivity index (χ3n) is 4.53. The number of carbonyl (C=O) groups is 2. The number of rotatable bonds is 6. The quantitative estimate of drug-likeness (QED) is 0.200. The minimum absolute atomic E-state index is 0.152. The number of nitriles is 1. The molecule has 1 amide bonds. The molecule has 3 rings (SSSR count). The molecule has 0 atom stereocenters. The van der Waals surface area contributed by atoms with Crippen molar-refractivity contribution in [3.8, 4) is 17.6 Å². The van der Waals surface area contributed by atoms with E-state index in [0.717, 1.165) is 5.56 Å². The predicted octanol–water partition coefficient (Wildman–Crippen LogP) is 6.08. The molecule has 0 aliphatic rings. The molecule has 0 heterocycles. The molecule has 1 N–H and O–H groups in total. The van der Waals surface area contributed by atoms with Crippen LogP contribution >= 0.6 is 23.2 Å². The second kappa shape index (κ2) is 10.7. The molecular formula is C25H18Cl2N2O4. The Labute approximate surface area is 201 Å². The summed E-state index contributed by atoms with van der Waals surface area (Å²) >= 11 is 11.8. The number of ether oxygens (including phenoxy) is 2. The average Bonchev–Trinajstić information content (AvgIpc) is 2.80. The fourth-order valence-electron chi connectivity index (χ4n) is 2.80. The number of amides is 1. The van der Waals surface area contributed by atoms with Crippen LogP contribution in [0.4, 0.5) is 5.69 Å². The van der Waals surface area contributed by atoms with Gasteiger partial charge in [0.25, 0.3) is 5.91 Å². The monoisotopic (exact) mass is 480 g/mol. The molecule has 0 spiro atoms. The van der Waals surface area contributed by atoms with E-state index in [1.165, 1.54) is 31.4 Å². The fourth-order valence-corrected chi connectivity index (χ4v) is 3.10. The molecule has 0 saturated heterocycles. The van der Waals surface area contributed by atoms with Gasteiger partial charge in [-0.05, 0) is 61.0 Å². The Morgan fingerprint density at radius 3 is 2.33 bits per heavy atom. The van der Waals surface area contributed by atoms with Crippen molar-refractivity contribution in [2.75, 3.05) is 12.4 Å². The van der Waals surface area contributed by atoms with E-state index < -0.39 is 11.9 Å². The number of anilines is 1. The summed E-state index contributed by atoms with van der Waals surface area (Å²) in [6.45, 7) is 1.92. The van der Waals surface area contributed by atoms with Crippen LogP contribution in [-0.4, -0.2) is 19.0 Å². The topological polar surface area (TPSA) is 88.4 Å². The molecule has 0 fully saturated rings. The molecule has 3 aromatic rings. The summed E-state index contributed by atoms with van der Waals surface area (Å²) in [6.07, 6.45) is 1.37. The largest absolute Gasteiger partial charge is 0.493 e. The van der Waals surface area contributed by atoms with Crippen LogP contribution < -0.4 is 14.8 Å². The van der Waals surface area contributed by atoms with E-state index in [9.17, 15) is 14.9 Å². The molecule has 0 aromatic heterocycles. The van der Waals surface area contributed by atoms with E-state index in [4.69, 9.17) is 32.7 Å². The molecule has 0 unspecified atom stereocenters. The number of esters is 1. The Morgan fingerprint density at radius 1 is 0.970 bits per heavy atom. The lowest BCUT2D eigenvalue weighted by Crippen LogP contribution is -2.13. The predicted molar refractivity (Wildman–Crippen MR) is 128 cm³/mol. The van der Waals surface area contributed by atoms with Gasteiger partial charge in [0.2, 0.25) is 0 Å². The normalized spacial score (nSPS) is 10.8. The maximum Gasteiger partial charge on any atom is 0.343 e. The Morgan fingerprint density at radius 2 is 1.70 bits per heavy atom. The lowest BCUT2D eigenvalue weighted by atomic mass is 10.1. The van der Waals surface area contributed by atoms with Gasteiger partial charge in [0.1, 0.15) is 11.6 Å². The molecule has 8 heteroatoms. The van der Waals surface area contributed by atoms with Crippen molar-refractivity contribution in [2.45, 2.75) is 6.92 Å². The van der Waals surface area contributed by atoms with Crippen LogP contribution in [0.25, 0.3) is 6.08 Å². The van der Waals surface area contributed by atoms with Crippen molar-refractivity contribution >= 4 is 46.8 Å². The summed E-state index contributed by atoms with van der Waals surface area (Å²) in [5, 5.41) is 12.7. The van der Waals surface area contributed by atoms with Gasteiger partial charge in [-0.15, -0.1) is 0 Å². The fraction of sp³-hybridized carbons (Fsp3) is 0.0800.